The third-order valence-corrected chi connectivity index (χ3v) is 5.62. The zero-order chi connectivity index (χ0) is 23.5. The van der Waals surface area contributed by atoms with E-state index in [2.05, 4.69) is 5.32 Å². The Morgan fingerprint density at radius 3 is 2.58 bits per heavy atom. The van der Waals surface area contributed by atoms with Crippen molar-refractivity contribution in [1.29, 1.82) is 0 Å². The molecule has 6 nitrogen and oxygen atoms in total. The minimum Gasteiger partial charge on any atom is -0.439 e. The lowest BCUT2D eigenvalue weighted by atomic mass is 10.2. The van der Waals surface area contributed by atoms with Crippen LogP contribution in [0.2, 0.25) is 0 Å². The van der Waals surface area contributed by atoms with Gasteiger partial charge in [-0.25, -0.2) is 13.9 Å². The van der Waals surface area contributed by atoms with Crippen molar-refractivity contribution < 1.29 is 13.9 Å². The van der Waals surface area contributed by atoms with Crippen LogP contribution in [-0.2, 0) is 13.0 Å². The number of halogens is 1. The second-order valence-electron chi connectivity index (χ2n) is 8.85. The molecule has 174 valence electrons. The van der Waals surface area contributed by atoms with Crippen molar-refractivity contribution in [2.45, 2.75) is 65.6 Å². The summed E-state index contributed by atoms with van der Waals surface area (Å²) in [7, 11) is 0. The van der Waals surface area contributed by atoms with Crippen molar-refractivity contribution in [3.05, 3.63) is 71.2 Å². The number of carbonyl (C=O) groups excluding carboxylic acids is 1. The Bertz CT molecular complexity index is 1120. The highest BCUT2D eigenvalue weighted by molar-refractivity contribution is 5.75. The summed E-state index contributed by atoms with van der Waals surface area (Å²) in [5.74, 6) is 0.923. The van der Waals surface area contributed by atoms with Crippen LogP contribution in [0.1, 0.15) is 50.4 Å². The van der Waals surface area contributed by atoms with Gasteiger partial charge in [-0.05, 0) is 82.0 Å². The van der Waals surface area contributed by atoms with E-state index in [4.69, 9.17) is 9.84 Å². The SMILES string of the molecule is CCc1nn(-c2ccc(F)cc2)c(Oc2cccc(C)c2)c1CN(C(=O)NC(C)C)C1CC1. The summed E-state index contributed by atoms with van der Waals surface area (Å²) in [4.78, 5) is 14.9. The van der Waals surface area contributed by atoms with Crippen LogP contribution in [0.4, 0.5) is 9.18 Å². The van der Waals surface area contributed by atoms with Gasteiger partial charge in [0.05, 0.1) is 23.5 Å². The standard InChI is InChI=1S/C26H31FN4O2/c1-5-24-23(16-30(20-13-14-20)26(32)28-17(2)3)25(33-22-8-6-7-18(4)15-22)31(29-24)21-11-9-19(27)10-12-21/h6-12,15,17,20H,5,13-14,16H2,1-4H3,(H,28,32). The van der Waals surface area contributed by atoms with Gasteiger partial charge in [-0.1, -0.05) is 19.1 Å². The van der Waals surface area contributed by atoms with Gasteiger partial charge in [-0.3, -0.25) is 0 Å². The molecule has 7 heteroatoms. The molecule has 0 radical (unpaired) electrons. The quantitative estimate of drug-likeness (QED) is 0.475. The summed E-state index contributed by atoms with van der Waals surface area (Å²) >= 11 is 0. The fourth-order valence-electron chi connectivity index (χ4n) is 3.83. The van der Waals surface area contributed by atoms with Gasteiger partial charge in [0, 0.05) is 12.1 Å². The number of hydrogen-bond acceptors (Lipinski definition) is 3. The first kappa shape index (κ1) is 22.8. The largest absolute Gasteiger partial charge is 0.439 e. The van der Waals surface area contributed by atoms with E-state index in [0.717, 1.165) is 29.7 Å². The Hall–Kier alpha value is -3.35. The first-order valence-electron chi connectivity index (χ1n) is 11.5. The van der Waals surface area contributed by atoms with Gasteiger partial charge in [-0.2, -0.15) is 5.10 Å². The molecule has 0 unspecified atom stereocenters. The van der Waals surface area contributed by atoms with Gasteiger partial charge in [0.1, 0.15) is 11.6 Å². The van der Waals surface area contributed by atoms with Crippen LogP contribution in [-0.4, -0.2) is 32.8 Å². The maximum atomic E-state index is 13.6. The van der Waals surface area contributed by atoms with Crippen LogP contribution in [0.15, 0.2) is 48.5 Å². The highest BCUT2D eigenvalue weighted by Gasteiger charge is 2.35. The molecule has 1 aliphatic carbocycles. The molecule has 0 saturated heterocycles. The maximum absolute atomic E-state index is 13.6. The fourth-order valence-corrected chi connectivity index (χ4v) is 3.83. The number of ether oxygens (including phenoxy) is 1. The number of rotatable bonds is 8. The lowest BCUT2D eigenvalue weighted by Gasteiger charge is -2.24. The first-order chi connectivity index (χ1) is 15.9. The number of amides is 2. The van der Waals surface area contributed by atoms with Crippen molar-refractivity contribution in [2.75, 3.05) is 0 Å². The summed E-state index contributed by atoms with van der Waals surface area (Å²) in [6, 6.07) is 14.2. The molecule has 3 aromatic rings. The Morgan fingerprint density at radius 2 is 1.97 bits per heavy atom. The third-order valence-electron chi connectivity index (χ3n) is 5.62. The van der Waals surface area contributed by atoms with Crippen LogP contribution < -0.4 is 10.1 Å². The molecule has 4 rings (SSSR count). The minimum absolute atomic E-state index is 0.0503. The molecular weight excluding hydrogens is 419 g/mol. The minimum atomic E-state index is -0.312. The van der Waals surface area contributed by atoms with Gasteiger partial charge in [0.25, 0.3) is 0 Å². The van der Waals surface area contributed by atoms with Crippen LogP contribution in [0, 0.1) is 12.7 Å². The molecule has 2 aromatic carbocycles. The zero-order valence-corrected chi connectivity index (χ0v) is 19.6. The number of benzene rings is 2. The van der Waals surface area contributed by atoms with Crippen molar-refractivity contribution in [1.82, 2.24) is 20.0 Å². The number of aromatic nitrogens is 2. The summed E-state index contributed by atoms with van der Waals surface area (Å²) in [5.41, 5.74) is 3.50. The van der Waals surface area contributed by atoms with Crippen LogP contribution >= 0.6 is 0 Å². The third kappa shape index (κ3) is 5.35. The molecule has 33 heavy (non-hydrogen) atoms. The monoisotopic (exact) mass is 450 g/mol. The predicted octanol–water partition coefficient (Wildman–Crippen LogP) is 5.76. The zero-order valence-electron chi connectivity index (χ0n) is 19.6. The van der Waals surface area contributed by atoms with Gasteiger partial charge < -0.3 is 15.0 Å². The van der Waals surface area contributed by atoms with E-state index in [0.29, 0.717) is 30.3 Å². The van der Waals surface area contributed by atoms with E-state index in [9.17, 15) is 9.18 Å². The van der Waals surface area contributed by atoms with E-state index in [1.807, 2.05) is 56.9 Å². The lowest BCUT2D eigenvalue weighted by Crippen LogP contribution is -2.43. The Labute approximate surface area is 194 Å². The number of aryl methyl sites for hydroxylation is 2. The van der Waals surface area contributed by atoms with Crippen molar-refractivity contribution in [3.63, 3.8) is 0 Å². The molecule has 0 atom stereocenters. The number of urea groups is 1. The van der Waals surface area contributed by atoms with Gasteiger partial charge in [0.15, 0.2) is 0 Å². The summed E-state index contributed by atoms with van der Waals surface area (Å²) in [6.45, 7) is 8.36. The molecule has 1 N–H and O–H groups in total. The average Bonchev–Trinajstić information content (AvgIpc) is 3.55. The lowest BCUT2D eigenvalue weighted by molar-refractivity contribution is 0.188. The normalized spacial score (nSPS) is 13.3. The van der Waals surface area contributed by atoms with E-state index >= 15 is 0 Å². The molecule has 0 spiro atoms. The van der Waals surface area contributed by atoms with Gasteiger partial charge in [0.2, 0.25) is 5.88 Å². The first-order valence-corrected chi connectivity index (χ1v) is 11.5. The number of nitrogens with one attached hydrogen (secondary N) is 1. The van der Waals surface area contributed by atoms with E-state index in [1.54, 1.807) is 16.8 Å². The summed E-state index contributed by atoms with van der Waals surface area (Å²) in [5, 5.41) is 7.83. The smallest absolute Gasteiger partial charge is 0.318 e. The molecule has 1 heterocycles. The highest BCUT2D eigenvalue weighted by atomic mass is 19.1. The Kier molecular flexibility index (Phi) is 6.67. The predicted molar refractivity (Wildman–Crippen MR) is 126 cm³/mol. The van der Waals surface area contributed by atoms with Crippen LogP contribution in [0.3, 0.4) is 0 Å². The summed E-state index contributed by atoms with van der Waals surface area (Å²) < 4.78 is 21.7. The Morgan fingerprint density at radius 1 is 1.24 bits per heavy atom. The average molecular weight is 451 g/mol. The van der Waals surface area contributed by atoms with Crippen LogP contribution in [0.5, 0.6) is 11.6 Å². The maximum Gasteiger partial charge on any atom is 0.318 e. The molecule has 1 fully saturated rings. The molecular formula is C26H31FN4O2. The van der Waals surface area contributed by atoms with E-state index in [-0.39, 0.29) is 23.9 Å². The van der Waals surface area contributed by atoms with Crippen molar-refractivity contribution in [2.24, 2.45) is 0 Å². The molecule has 0 aliphatic heterocycles. The number of hydrogen-bond donors (Lipinski definition) is 1. The van der Waals surface area contributed by atoms with Crippen LogP contribution in [0.25, 0.3) is 5.69 Å². The molecule has 1 saturated carbocycles. The van der Waals surface area contributed by atoms with Gasteiger partial charge >= 0.3 is 6.03 Å². The van der Waals surface area contributed by atoms with Crippen molar-refractivity contribution in [3.8, 4) is 17.3 Å². The highest BCUT2D eigenvalue weighted by Crippen LogP contribution is 2.35. The van der Waals surface area contributed by atoms with E-state index < -0.39 is 0 Å². The van der Waals surface area contributed by atoms with Crippen molar-refractivity contribution >= 4 is 6.03 Å². The van der Waals surface area contributed by atoms with Gasteiger partial charge in [-0.15, -0.1) is 0 Å². The second-order valence-corrected chi connectivity index (χ2v) is 8.85. The second kappa shape index (κ2) is 9.65. The number of nitrogens with zero attached hydrogens (tertiary/aromatic N) is 3. The summed E-state index contributed by atoms with van der Waals surface area (Å²) in [6.07, 6.45) is 2.66. The topological polar surface area (TPSA) is 59.4 Å². The number of carbonyl (C=O) groups is 1. The molecule has 1 aromatic heterocycles. The molecule has 2 amide bonds. The Balaban J connectivity index is 1.78. The van der Waals surface area contributed by atoms with E-state index in [1.165, 1.54) is 12.1 Å². The fraction of sp³-hybridized carbons (Fsp3) is 0.385. The molecule has 1 aliphatic rings. The molecule has 0 bridgehead atoms.